The van der Waals surface area contributed by atoms with Crippen LogP contribution in [0.2, 0.25) is 0 Å². The Bertz CT molecular complexity index is 3120. The lowest BCUT2D eigenvalue weighted by atomic mass is 9.87. The molecule has 0 aliphatic rings. The first-order valence-corrected chi connectivity index (χ1v) is 20.0. The summed E-state index contributed by atoms with van der Waals surface area (Å²) in [5, 5.41) is 4.48. The van der Waals surface area contributed by atoms with E-state index < -0.39 is 0 Å². The summed E-state index contributed by atoms with van der Waals surface area (Å²) in [5.41, 5.74) is 10.6. The standard InChI is InChI=1S/C55H37N5/c1-2-3-17-37-28-30-43(31-29-37)52-56-48(38-18-7-4-8-19-38)36-49(57-52)39-32-34-40(35-33-39)50-46-26-15-13-24-44(46)45-25-14-16-27-47(45)51(50)55-59-53(41-20-9-5-10-21-41)58-54(60-55)42-22-11-6-12-23-42/h2-36H,1H2/b17-3-. The Kier molecular flexibility index (Phi) is 9.66. The van der Waals surface area contributed by atoms with Crippen LogP contribution in [0.15, 0.2) is 213 Å². The highest BCUT2D eigenvalue weighted by molar-refractivity contribution is 6.21. The zero-order valence-electron chi connectivity index (χ0n) is 32.7. The molecule has 0 saturated heterocycles. The van der Waals surface area contributed by atoms with Gasteiger partial charge in [0.1, 0.15) is 0 Å². The molecule has 282 valence electrons. The molecule has 5 heteroatoms. The normalized spacial score (nSPS) is 11.3. The molecule has 2 aromatic heterocycles. The number of benzene rings is 8. The lowest BCUT2D eigenvalue weighted by Crippen LogP contribution is -2.02. The lowest BCUT2D eigenvalue weighted by Gasteiger charge is -2.18. The predicted molar refractivity (Wildman–Crippen MR) is 248 cm³/mol. The van der Waals surface area contributed by atoms with Gasteiger partial charge in [-0.1, -0.05) is 213 Å². The Hall–Kier alpha value is -8.15. The number of aromatic nitrogens is 5. The van der Waals surface area contributed by atoms with E-state index in [0.717, 1.165) is 83.0 Å². The average Bonchev–Trinajstić information content (AvgIpc) is 3.33. The molecule has 2 heterocycles. The van der Waals surface area contributed by atoms with Crippen LogP contribution >= 0.6 is 0 Å². The molecule has 0 aliphatic heterocycles. The summed E-state index contributed by atoms with van der Waals surface area (Å²) in [5.74, 6) is 2.52. The van der Waals surface area contributed by atoms with Crippen LogP contribution in [-0.2, 0) is 0 Å². The van der Waals surface area contributed by atoms with Gasteiger partial charge in [0, 0.05) is 38.9 Å². The topological polar surface area (TPSA) is 64.5 Å². The number of nitrogens with zero attached hydrogens (tertiary/aromatic N) is 5. The van der Waals surface area contributed by atoms with Gasteiger partial charge in [0.05, 0.1) is 11.4 Å². The number of hydrogen-bond donors (Lipinski definition) is 0. The van der Waals surface area contributed by atoms with Gasteiger partial charge >= 0.3 is 0 Å². The minimum atomic E-state index is 0.614. The number of fused-ring (bicyclic) bond motifs is 3. The van der Waals surface area contributed by atoms with Crippen molar-refractivity contribution in [2.45, 2.75) is 0 Å². The molecule has 60 heavy (non-hydrogen) atoms. The fraction of sp³-hybridized carbons (Fsp3) is 0. The van der Waals surface area contributed by atoms with Crippen LogP contribution in [0.5, 0.6) is 0 Å². The molecule has 0 aliphatic carbocycles. The molecule has 0 spiro atoms. The van der Waals surface area contributed by atoms with Crippen molar-refractivity contribution >= 4 is 27.6 Å². The monoisotopic (exact) mass is 767 g/mol. The Labute approximate surface area is 348 Å². The maximum Gasteiger partial charge on any atom is 0.165 e. The first kappa shape index (κ1) is 36.2. The zero-order valence-corrected chi connectivity index (χ0v) is 32.7. The average molecular weight is 768 g/mol. The minimum absolute atomic E-state index is 0.614. The van der Waals surface area contributed by atoms with E-state index in [4.69, 9.17) is 24.9 Å². The fourth-order valence-corrected chi connectivity index (χ4v) is 7.80. The fourth-order valence-electron chi connectivity index (χ4n) is 7.80. The minimum Gasteiger partial charge on any atom is -0.228 e. The van der Waals surface area contributed by atoms with Crippen molar-refractivity contribution in [2.75, 3.05) is 0 Å². The molecule has 0 atom stereocenters. The SMILES string of the molecule is C=C/C=C\c1ccc(-c2nc(-c3ccccc3)cc(-c3ccc(-c4c(-c5nc(-c6ccccc6)nc(-c6ccccc6)n5)c5ccccc5c5ccccc45)cc3)n2)cc1. The van der Waals surface area contributed by atoms with Crippen LogP contribution in [-0.4, -0.2) is 24.9 Å². The highest BCUT2D eigenvalue weighted by Crippen LogP contribution is 2.44. The zero-order chi connectivity index (χ0) is 40.3. The first-order valence-electron chi connectivity index (χ1n) is 20.0. The molecular weight excluding hydrogens is 731 g/mol. The highest BCUT2D eigenvalue weighted by Gasteiger charge is 2.22. The molecule has 0 saturated carbocycles. The third-order valence-electron chi connectivity index (χ3n) is 10.7. The van der Waals surface area contributed by atoms with Crippen LogP contribution in [0.3, 0.4) is 0 Å². The lowest BCUT2D eigenvalue weighted by molar-refractivity contribution is 1.08. The Balaban J connectivity index is 1.17. The van der Waals surface area contributed by atoms with Crippen LogP contribution in [0.4, 0.5) is 0 Å². The van der Waals surface area contributed by atoms with E-state index in [1.165, 1.54) is 0 Å². The van der Waals surface area contributed by atoms with Crippen molar-refractivity contribution in [3.8, 4) is 79.2 Å². The van der Waals surface area contributed by atoms with Crippen LogP contribution in [0, 0.1) is 0 Å². The second-order valence-electron chi connectivity index (χ2n) is 14.5. The summed E-state index contributed by atoms with van der Waals surface area (Å²) >= 11 is 0. The summed E-state index contributed by atoms with van der Waals surface area (Å²) < 4.78 is 0. The summed E-state index contributed by atoms with van der Waals surface area (Å²) in [6, 6.07) is 66.8. The molecule has 0 unspecified atom stereocenters. The van der Waals surface area contributed by atoms with Crippen molar-refractivity contribution in [3.63, 3.8) is 0 Å². The number of rotatable bonds is 9. The Morgan fingerprint density at radius 2 is 0.700 bits per heavy atom. The molecule has 10 aromatic rings. The second kappa shape index (κ2) is 16.0. The van der Waals surface area contributed by atoms with E-state index in [0.29, 0.717) is 23.3 Å². The van der Waals surface area contributed by atoms with Gasteiger partial charge in [0.15, 0.2) is 23.3 Å². The molecule has 0 radical (unpaired) electrons. The van der Waals surface area contributed by atoms with Gasteiger partial charge in [-0.25, -0.2) is 24.9 Å². The molecule has 0 N–H and O–H groups in total. The van der Waals surface area contributed by atoms with E-state index >= 15 is 0 Å². The van der Waals surface area contributed by atoms with E-state index in [1.54, 1.807) is 6.08 Å². The Morgan fingerprint density at radius 3 is 1.23 bits per heavy atom. The van der Waals surface area contributed by atoms with E-state index in [1.807, 2.05) is 91.0 Å². The van der Waals surface area contributed by atoms with Crippen molar-refractivity contribution in [2.24, 2.45) is 0 Å². The second-order valence-corrected chi connectivity index (χ2v) is 14.5. The van der Waals surface area contributed by atoms with Gasteiger partial charge in [0.25, 0.3) is 0 Å². The van der Waals surface area contributed by atoms with Gasteiger partial charge in [0.2, 0.25) is 0 Å². The van der Waals surface area contributed by atoms with Crippen molar-refractivity contribution < 1.29 is 0 Å². The maximum absolute atomic E-state index is 5.26. The van der Waals surface area contributed by atoms with Crippen molar-refractivity contribution in [1.82, 2.24) is 24.9 Å². The Morgan fingerprint density at radius 1 is 0.317 bits per heavy atom. The predicted octanol–water partition coefficient (Wildman–Crippen LogP) is 13.8. The molecule has 0 bridgehead atoms. The van der Waals surface area contributed by atoms with Crippen LogP contribution in [0.1, 0.15) is 5.56 Å². The molecule has 0 fully saturated rings. The van der Waals surface area contributed by atoms with Gasteiger partial charge in [-0.15, -0.1) is 0 Å². The van der Waals surface area contributed by atoms with E-state index in [9.17, 15) is 0 Å². The molecule has 8 aromatic carbocycles. The molecule has 10 rings (SSSR count). The highest BCUT2D eigenvalue weighted by atomic mass is 15.0. The van der Waals surface area contributed by atoms with Crippen molar-refractivity contribution in [1.29, 1.82) is 0 Å². The largest absolute Gasteiger partial charge is 0.228 e. The quantitative estimate of drug-likeness (QED) is 0.108. The summed E-state index contributed by atoms with van der Waals surface area (Å²) in [6.45, 7) is 3.80. The van der Waals surface area contributed by atoms with Crippen LogP contribution < -0.4 is 0 Å². The molecule has 5 nitrogen and oxygen atoms in total. The summed E-state index contributed by atoms with van der Waals surface area (Å²) in [4.78, 5) is 25.7. The van der Waals surface area contributed by atoms with E-state index in [-0.39, 0.29) is 0 Å². The van der Waals surface area contributed by atoms with Crippen molar-refractivity contribution in [3.05, 3.63) is 218 Å². The summed E-state index contributed by atoms with van der Waals surface area (Å²) in [7, 11) is 0. The van der Waals surface area contributed by atoms with Gasteiger partial charge in [-0.3, -0.25) is 0 Å². The number of allylic oxidation sites excluding steroid dienone is 2. The van der Waals surface area contributed by atoms with Gasteiger partial charge < -0.3 is 0 Å². The van der Waals surface area contributed by atoms with Gasteiger partial charge in [-0.2, -0.15) is 0 Å². The first-order chi connectivity index (χ1) is 29.7. The van der Waals surface area contributed by atoms with Crippen LogP contribution in [0.25, 0.3) is 107 Å². The molecular formula is C55H37N5. The maximum atomic E-state index is 5.26. The smallest absolute Gasteiger partial charge is 0.165 e. The number of hydrogen-bond acceptors (Lipinski definition) is 5. The third-order valence-corrected chi connectivity index (χ3v) is 10.7. The van der Waals surface area contributed by atoms with E-state index in [2.05, 4.69) is 122 Å². The third kappa shape index (κ3) is 7.06. The van der Waals surface area contributed by atoms with Gasteiger partial charge in [-0.05, 0) is 38.7 Å². The molecule has 0 amide bonds. The summed E-state index contributed by atoms with van der Waals surface area (Å²) in [6.07, 6.45) is 5.74.